The number of nitrogens with zero attached hydrogens (tertiary/aromatic N) is 2. The molecule has 6 nitrogen and oxygen atoms in total. The van der Waals surface area contributed by atoms with Gasteiger partial charge < -0.3 is 14.8 Å². The highest BCUT2D eigenvalue weighted by atomic mass is 32.2. The summed E-state index contributed by atoms with van der Waals surface area (Å²) in [6, 6.07) is 12.9. The lowest BCUT2D eigenvalue weighted by Gasteiger charge is -2.43. The van der Waals surface area contributed by atoms with E-state index in [2.05, 4.69) is 15.2 Å². The maximum absolute atomic E-state index is 13.0. The fraction of sp³-hybridized carbons (Fsp3) is 0.429. The molecule has 28 heavy (non-hydrogen) atoms. The second kappa shape index (κ2) is 8.94. The minimum Gasteiger partial charge on any atom is -0.438 e. The van der Waals surface area contributed by atoms with E-state index in [0.29, 0.717) is 23.7 Å². The van der Waals surface area contributed by atoms with Gasteiger partial charge in [0.15, 0.2) is 0 Å². The van der Waals surface area contributed by atoms with Crippen LogP contribution >= 0.6 is 11.8 Å². The monoisotopic (exact) mass is 399 g/mol. The van der Waals surface area contributed by atoms with Crippen LogP contribution in [0, 0.1) is 0 Å². The van der Waals surface area contributed by atoms with E-state index in [1.54, 1.807) is 18.3 Å². The summed E-state index contributed by atoms with van der Waals surface area (Å²) in [5, 5.41) is 3.15. The molecular formula is C21H25N3O3S. The molecule has 2 aromatic rings. The van der Waals surface area contributed by atoms with Crippen molar-refractivity contribution in [3.05, 3.63) is 54.2 Å². The number of nitrogens with one attached hydrogen (secondary N) is 1. The number of para-hydroxylation sites is 1. The number of hydrogen-bond acceptors (Lipinski definition) is 6. The highest BCUT2D eigenvalue weighted by molar-refractivity contribution is 7.99. The maximum Gasteiger partial charge on any atom is 0.256 e. The minimum atomic E-state index is -0.149. The summed E-state index contributed by atoms with van der Waals surface area (Å²) in [6.45, 7) is 3.99. The van der Waals surface area contributed by atoms with E-state index in [-0.39, 0.29) is 11.4 Å². The van der Waals surface area contributed by atoms with Crippen LogP contribution in [0.15, 0.2) is 48.7 Å². The number of thioether (sulfide) groups is 1. The van der Waals surface area contributed by atoms with Gasteiger partial charge in [0.2, 0.25) is 5.88 Å². The fourth-order valence-corrected chi connectivity index (χ4v) is 5.20. The van der Waals surface area contributed by atoms with Gasteiger partial charge in [0.1, 0.15) is 11.3 Å². The Balaban J connectivity index is 1.46. The van der Waals surface area contributed by atoms with Crippen molar-refractivity contribution in [1.29, 1.82) is 0 Å². The molecule has 0 bridgehead atoms. The van der Waals surface area contributed by atoms with Crippen LogP contribution in [-0.2, 0) is 4.74 Å². The molecular weight excluding hydrogens is 374 g/mol. The predicted molar refractivity (Wildman–Crippen MR) is 110 cm³/mol. The standard InChI is InChI=1S/C21H25N3O3S/c25-19(18-7-4-9-22-20(18)27-17-5-2-1-3-6-17)23-15-21(8-14-28-16-21)24-10-12-26-13-11-24/h1-7,9H,8,10-16H2,(H,23,25). The number of carbonyl (C=O) groups excluding carboxylic acids is 1. The Kier molecular flexibility index (Phi) is 6.14. The summed E-state index contributed by atoms with van der Waals surface area (Å²) in [7, 11) is 0. The molecule has 0 radical (unpaired) electrons. The van der Waals surface area contributed by atoms with Crippen LogP contribution < -0.4 is 10.1 Å². The summed E-state index contributed by atoms with van der Waals surface area (Å²) in [5.41, 5.74) is 0.460. The molecule has 1 aromatic heterocycles. The Morgan fingerprint density at radius 2 is 2.04 bits per heavy atom. The first kappa shape index (κ1) is 19.2. The number of aromatic nitrogens is 1. The van der Waals surface area contributed by atoms with E-state index < -0.39 is 0 Å². The molecule has 1 atom stereocenters. The Morgan fingerprint density at radius 1 is 1.21 bits per heavy atom. The van der Waals surface area contributed by atoms with Crippen molar-refractivity contribution in [2.45, 2.75) is 12.0 Å². The van der Waals surface area contributed by atoms with Gasteiger partial charge in [0, 0.05) is 37.1 Å². The van der Waals surface area contributed by atoms with Crippen LogP contribution in [0.3, 0.4) is 0 Å². The third kappa shape index (κ3) is 4.32. The molecule has 3 heterocycles. The van der Waals surface area contributed by atoms with Crippen molar-refractivity contribution in [1.82, 2.24) is 15.2 Å². The zero-order valence-electron chi connectivity index (χ0n) is 15.8. The molecule has 1 N–H and O–H groups in total. The average Bonchev–Trinajstić information content (AvgIpc) is 3.24. The van der Waals surface area contributed by atoms with Crippen LogP contribution in [-0.4, -0.2) is 65.7 Å². The van der Waals surface area contributed by atoms with Gasteiger partial charge in [-0.3, -0.25) is 9.69 Å². The number of amides is 1. The Labute approximate surface area is 169 Å². The van der Waals surface area contributed by atoms with Gasteiger partial charge in [0.05, 0.1) is 13.2 Å². The van der Waals surface area contributed by atoms with Gasteiger partial charge in [-0.1, -0.05) is 18.2 Å². The summed E-state index contributed by atoms with van der Waals surface area (Å²) in [6.07, 6.45) is 2.72. The molecule has 2 saturated heterocycles. The number of hydrogen-bond donors (Lipinski definition) is 1. The van der Waals surface area contributed by atoms with Crippen molar-refractivity contribution in [2.24, 2.45) is 0 Å². The molecule has 2 aliphatic heterocycles. The van der Waals surface area contributed by atoms with Crippen LogP contribution in [0.5, 0.6) is 11.6 Å². The van der Waals surface area contributed by atoms with E-state index in [1.165, 1.54) is 0 Å². The lowest BCUT2D eigenvalue weighted by atomic mass is 9.95. The number of carbonyl (C=O) groups is 1. The summed E-state index contributed by atoms with van der Waals surface area (Å²) in [5.74, 6) is 3.00. The van der Waals surface area contributed by atoms with Crippen molar-refractivity contribution in [3.63, 3.8) is 0 Å². The molecule has 1 amide bonds. The lowest BCUT2D eigenvalue weighted by Crippen LogP contribution is -2.59. The molecule has 2 fully saturated rings. The molecule has 0 saturated carbocycles. The molecule has 7 heteroatoms. The molecule has 0 spiro atoms. The number of pyridine rings is 1. The predicted octanol–water partition coefficient (Wildman–Crippen LogP) is 2.81. The van der Waals surface area contributed by atoms with E-state index >= 15 is 0 Å². The van der Waals surface area contributed by atoms with Gasteiger partial charge >= 0.3 is 0 Å². The molecule has 1 aromatic carbocycles. The van der Waals surface area contributed by atoms with Crippen LogP contribution in [0.25, 0.3) is 0 Å². The second-order valence-electron chi connectivity index (χ2n) is 7.08. The first-order valence-corrected chi connectivity index (χ1v) is 10.8. The quantitative estimate of drug-likeness (QED) is 0.806. The van der Waals surface area contributed by atoms with E-state index in [9.17, 15) is 4.79 Å². The molecule has 0 aliphatic carbocycles. The maximum atomic E-state index is 13.0. The highest BCUT2D eigenvalue weighted by Gasteiger charge is 2.41. The average molecular weight is 400 g/mol. The van der Waals surface area contributed by atoms with E-state index in [0.717, 1.165) is 44.2 Å². The third-order valence-electron chi connectivity index (χ3n) is 5.32. The largest absolute Gasteiger partial charge is 0.438 e. The fourth-order valence-electron chi connectivity index (χ4n) is 3.72. The molecule has 4 rings (SSSR count). The van der Waals surface area contributed by atoms with Crippen molar-refractivity contribution >= 4 is 17.7 Å². The topological polar surface area (TPSA) is 63.7 Å². The highest BCUT2D eigenvalue weighted by Crippen LogP contribution is 2.34. The first-order chi connectivity index (χ1) is 13.8. The lowest BCUT2D eigenvalue weighted by molar-refractivity contribution is -0.0129. The third-order valence-corrected chi connectivity index (χ3v) is 6.55. The number of rotatable bonds is 6. The summed E-state index contributed by atoms with van der Waals surface area (Å²) >= 11 is 1.96. The zero-order valence-corrected chi connectivity index (χ0v) is 16.6. The van der Waals surface area contributed by atoms with Crippen LogP contribution in [0.1, 0.15) is 16.8 Å². The molecule has 148 valence electrons. The SMILES string of the molecule is O=C(NCC1(N2CCOCC2)CCSC1)c1cccnc1Oc1ccccc1. The Hall–Kier alpha value is -2.09. The summed E-state index contributed by atoms with van der Waals surface area (Å²) in [4.78, 5) is 19.7. The molecule has 2 aliphatic rings. The Bertz CT molecular complexity index is 790. The van der Waals surface area contributed by atoms with Gasteiger partial charge in [0.25, 0.3) is 5.91 Å². The van der Waals surface area contributed by atoms with Gasteiger partial charge in [-0.2, -0.15) is 11.8 Å². The van der Waals surface area contributed by atoms with Gasteiger partial charge in [-0.05, 0) is 36.4 Å². The normalized spacial score (nSPS) is 22.7. The second-order valence-corrected chi connectivity index (χ2v) is 8.19. The molecule has 1 unspecified atom stereocenters. The summed E-state index contributed by atoms with van der Waals surface area (Å²) < 4.78 is 11.4. The van der Waals surface area contributed by atoms with Gasteiger partial charge in [-0.25, -0.2) is 4.98 Å². The van der Waals surface area contributed by atoms with E-state index in [4.69, 9.17) is 9.47 Å². The van der Waals surface area contributed by atoms with Crippen LogP contribution in [0.4, 0.5) is 0 Å². The first-order valence-electron chi connectivity index (χ1n) is 9.64. The van der Waals surface area contributed by atoms with Crippen molar-refractivity contribution in [3.8, 4) is 11.6 Å². The number of benzene rings is 1. The number of ether oxygens (including phenoxy) is 2. The number of morpholine rings is 1. The Morgan fingerprint density at radius 3 is 2.79 bits per heavy atom. The van der Waals surface area contributed by atoms with Crippen molar-refractivity contribution < 1.29 is 14.3 Å². The smallest absolute Gasteiger partial charge is 0.256 e. The van der Waals surface area contributed by atoms with Gasteiger partial charge in [-0.15, -0.1) is 0 Å². The van der Waals surface area contributed by atoms with Crippen LogP contribution in [0.2, 0.25) is 0 Å². The van der Waals surface area contributed by atoms with E-state index in [1.807, 2.05) is 42.1 Å². The van der Waals surface area contributed by atoms with Crippen molar-refractivity contribution in [2.75, 3.05) is 44.4 Å². The zero-order chi connectivity index (χ0) is 19.2. The minimum absolute atomic E-state index is 0.00671.